The molecule has 0 radical (unpaired) electrons. The Morgan fingerprint density at radius 2 is 2.14 bits per heavy atom. The Kier molecular flexibility index (Phi) is 4.75. The lowest BCUT2D eigenvalue weighted by atomic mass is 10.1. The van der Waals surface area contributed by atoms with Crippen molar-refractivity contribution in [3.63, 3.8) is 0 Å². The van der Waals surface area contributed by atoms with Crippen molar-refractivity contribution in [1.82, 2.24) is 4.31 Å². The minimum atomic E-state index is -3.83. The lowest BCUT2D eigenvalue weighted by Gasteiger charge is -2.32. The summed E-state index contributed by atoms with van der Waals surface area (Å²) in [6.07, 6.45) is 2.56. The lowest BCUT2D eigenvalue weighted by molar-refractivity contribution is 0.0698. The predicted octanol–water partition coefficient (Wildman–Crippen LogP) is 2.57. The van der Waals surface area contributed by atoms with Gasteiger partial charge in [-0.05, 0) is 31.9 Å². The van der Waals surface area contributed by atoms with Gasteiger partial charge in [0.15, 0.2) is 0 Å². The highest BCUT2D eigenvalue weighted by molar-refractivity contribution is 7.90. The van der Waals surface area contributed by atoms with Crippen LogP contribution in [-0.2, 0) is 10.2 Å². The average molecular weight is 333 g/mol. The highest BCUT2D eigenvalue weighted by Crippen LogP contribution is 2.29. The molecule has 0 aromatic heterocycles. The normalized spacial score (nSPS) is 20.2. The van der Waals surface area contributed by atoms with Crippen LogP contribution in [0.5, 0.6) is 0 Å². The molecule has 0 bridgehead atoms. The third-order valence-corrected chi connectivity index (χ3v) is 5.46. The molecule has 0 aliphatic carbocycles. The number of carboxylic acid groups (broad SMARTS) is 1. The highest BCUT2D eigenvalue weighted by Gasteiger charge is 2.31. The maximum atomic E-state index is 12.5. The summed E-state index contributed by atoms with van der Waals surface area (Å²) in [5.74, 6) is -1.23. The number of hydrogen-bond acceptors (Lipinski definition) is 3. The largest absolute Gasteiger partial charge is 0.478 e. The number of hydrogen-bond donors (Lipinski definition) is 2. The van der Waals surface area contributed by atoms with Gasteiger partial charge in [0.05, 0.1) is 16.3 Å². The number of carboxylic acids is 1. The molecular formula is C13H17ClN2O4S. The van der Waals surface area contributed by atoms with E-state index in [1.165, 1.54) is 22.5 Å². The smallest absolute Gasteiger partial charge is 0.337 e. The summed E-state index contributed by atoms with van der Waals surface area (Å²) in [5, 5.41) is 9.20. The molecule has 0 saturated carbocycles. The van der Waals surface area contributed by atoms with Gasteiger partial charge >= 0.3 is 16.2 Å². The fraction of sp³-hybridized carbons (Fsp3) is 0.462. The predicted molar refractivity (Wildman–Crippen MR) is 81.0 cm³/mol. The number of nitrogens with one attached hydrogen (secondary N) is 1. The van der Waals surface area contributed by atoms with E-state index in [0.29, 0.717) is 6.54 Å². The minimum Gasteiger partial charge on any atom is -0.478 e. The molecule has 116 valence electrons. The van der Waals surface area contributed by atoms with Crippen LogP contribution in [0.1, 0.15) is 36.5 Å². The van der Waals surface area contributed by atoms with E-state index in [1.807, 2.05) is 6.92 Å². The SMILES string of the molecule is CC1CCCCN1S(=O)(=O)Nc1c(Cl)cccc1C(=O)O. The third-order valence-electron chi connectivity index (χ3n) is 3.53. The van der Waals surface area contributed by atoms with E-state index in [2.05, 4.69) is 4.72 Å². The second kappa shape index (κ2) is 6.21. The van der Waals surface area contributed by atoms with Gasteiger partial charge in [-0.3, -0.25) is 4.72 Å². The zero-order valence-corrected chi connectivity index (χ0v) is 13.1. The molecule has 2 rings (SSSR count). The molecule has 1 unspecified atom stereocenters. The average Bonchev–Trinajstić information content (AvgIpc) is 2.41. The first-order valence-electron chi connectivity index (χ1n) is 6.64. The molecule has 1 saturated heterocycles. The van der Waals surface area contributed by atoms with Crippen LogP contribution in [0.4, 0.5) is 5.69 Å². The Bertz CT molecular complexity index is 648. The lowest BCUT2D eigenvalue weighted by Crippen LogP contribution is -2.45. The molecule has 2 N–H and O–H groups in total. The zero-order valence-electron chi connectivity index (χ0n) is 11.5. The number of carbonyl (C=O) groups is 1. The van der Waals surface area contributed by atoms with E-state index >= 15 is 0 Å². The van der Waals surface area contributed by atoms with Gasteiger partial charge in [0, 0.05) is 12.6 Å². The Morgan fingerprint density at radius 3 is 2.76 bits per heavy atom. The van der Waals surface area contributed by atoms with Crippen LogP contribution in [-0.4, -0.2) is 36.4 Å². The van der Waals surface area contributed by atoms with Crippen molar-refractivity contribution < 1.29 is 18.3 Å². The van der Waals surface area contributed by atoms with E-state index in [0.717, 1.165) is 19.3 Å². The fourth-order valence-electron chi connectivity index (χ4n) is 2.42. The molecule has 1 aromatic rings. The van der Waals surface area contributed by atoms with Gasteiger partial charge < -0.3 is 5.11 Å². The second-order valence-electron chi connectivity index (χ2n) is 5.03. The van der Waals surface area contributed by atoms with E-state index < -0.39 is 16.2 Å². The number of para-hydroxylation sites is 1. The topological polar surface area (TPSA) is 86.7 Å². The van der Waals surface area contributed by atoms with Crippen LogP contribution in [0.2, 0.25) is 5.02 Å². The maximum absolute atomic E-state index is 12.5. The highest BCUT2D eigenvalue weighted by atomic mass is 35.5. The number of rotatable bonds is 4. The summed E-state index contributed by atoms with van der Waals surface area (Å²) in [6, 6.07) is 4.11. The van der Waals surface area contributed by atoms with Crippen molar-refractivity contribution in [2.24, 2.45) is 0 Å². The van der Waals surface area contributed by atoms with Gasteiger partial charge in [-0.1, -0.05) is 24.1 Å². The summed E-state index contributed by atoms with van der Waals surface area (Å²) in [4.78, 5) is 11.2. The number of benzene rings is 1. The molecule has 0 amide bonds. The molecule has 8 heteroatoms. The maximum Gasteiger partial charge on any atom is 0.337 e. The Morgan fingerprint density at radius 1 is 1.43 bits per heavy atom. The van der Waals surface area contributed by atoms with E-state index in [-0.39, 0.29) is 22.3 Å². The molecule has 1 atom stereocenters. The molecule has 1 fully saturated rings. The van der Waals surface area contributed by atoms with Gasteiger partial charge in [0.25, 0.3) is 0 Å². The van der Waals surface area contributed by atoms with Gasteiger partial charge in [0.1, 0.15) is 0 Å². The Labute approximate surface area is 128 Å². The second-order valence-corrected chi connectivity index (χ2v) is 7.06. The molecule has 6 nitrogen and oxygen atoms in total. The van der Waals surface area contributed by atoms with Crippen LogP contribution in [0.25, 0.3) is 0 Å². The number of nitrogens with zero attached hydrogens (tertiary/aromatic N) is 1. The van der Waals surface area contributed by atoms with Crippen molar-refractivity contribution >= 4 is 33.5 Å². The summed E-state index contributed by atoms with van der Waals surface area (Å²) in [6.45, 7) is 2.26. The quantitative estimate of drug-likeness (QED) is 0.887. The molecular weight excluding hydrogens is 316 g/mol. The molecule has 1 aliphatic rings. The van der Waals surface area contributed by atoms with E-state index in [9.17, 15) is 13.2 Å². The third kappa shape index (κ3) is 3.48. The van der Waals surface area contributed by atoms with Gasteiger partial charge in [-0.25, -0.2) is 4.79 Å². The van der Waals surface area contributed by atoms with Crippen molar-refractivity contribution in [3.05, 3.63) is 28.8 Å². The Hall–Kier alpha value is -1.31. The van der Waals surface area contributed by atoms with Gasteiger partial charge in [-0.2, -0.15) is 12.7 Å². The molecule has 1 heterocycles. The number of aromatic carboxylic acids is 1. The van der Waals surface area contributed by atoms with Crippen LogP contribution >= 0.6 is 11.6 Å². The van der Waals surface area contributed by atoms with Crippen molar-refractivity contribution in [2.45, 2.75) is 32.2 Å². The van der Waals surface area contributed by atoms with Crippen LogP contribution < -0.4 is 4.72 Å². The van der Waals surface area contributed by atoms with Gasteiger partial charge in [0.2, 0.25) is 0 Å². The first-order chi connectivity index (χ1) is 9.83. The number of piperidine rings is 1. The van der Waals surface area contributed by atoms with Crippen LogP contribution in [0.3, 0.4) is 0 Å². The fourth-order valence-corrected chi connectivity index (χ4v) is 4.24. The van der Waals surface area contributed by atoms with Crippen LogP contribution in [0, 0.1) is 0 Å². The van der Waals surface area contributed by atoms with E-state index in [1.54, 1.807) is 0 Å². The first kappa shape index (κ1) is 16.1. The summed E-state index contributed by atoms with van der Waals surface area (Å²) < 4.78 is 28.6. The zero-order chi connectivity index (χ0) is 15.6. The molecule has 21 heavy (non-hydrogen) atoms. The molecule has 1 aromatic carbocycles. The van der Waals surface area contributed by atoms with Crippen molar-refractivity contribution in [2.75, 3.05) is 11.3 Å². The minimum absolute atomic E-state index is 0.0585. The Balaban J connectivity index is 2.35. The van der Waals surface area contributed by atoms with E-state index in [4.69, 9.17) is 16.7 Å². The molecule has 1 aliphatic heterocycles. The van der Waals surface area contributed by atoms with Crippen molar-refractivity contribution in [1.29, 1.82) is 0 Å². The monoisotopic (exact) mass is 332 g/mol. The number of halogens is 1. The summed E-state index contributed by atoms with van der Waals surface area (Å²) in [5.41, 5.74) is -0.264. The first-order valence-corrected chi connectivity index (χ1v) is 8.46. The summed E-state index contributed by atoms with van der Waals surface area (Å²) >= 11 is 5.95. The number of anilines is 1. The van der Waals surface area contributed by atoms with Crippen molar-refractivity contribution in [3.8, 4) is 0 Å². The van der Waals surface area contributed by atoms with Crippen LogP contribution in [0.15, 0.2) is 18.2 Å². The standard InChI is InChI=1S/C13H17ClN2O4S/c1-9-5-2-3-8-16(9)21(19,20)15-12-10(13(17)18)6-4-7-11(12)14/h4,6-7,9,15H,2-3,5,8H2,1H3,(H,17,18). The van der Waals surface area contributed by atoms with Gasteiger partial charge in [-0.15, -0.1) is 0 Å². The molecule has 0 spiro atoms. The summed E-state index contributed by atoms with van der Waals surface area (Å²) in [7, 11) is -3.83.